The van der Waals surface area contributed by atoms with Gasteiger partial charge in [-0.3, -0.25) is 4.57 Å². The second-order valence-corrected chi connectivity index (χ2v) is 5.45. The van der Waals surface area contributed by atoms with Gasteiger partial charge in [-0.1, -0.05) is 13.8 Å². The fourth-order valence-corrected chi connectivity index (χ4v) is 2.59. The molecule has 0 atom stereocenters. The van der Waals surface area contributed by atoms with Crippen LogP contribution in [0.25, 0.3) is 16.7 Å². The molecule has 0 aliphatic heterocycles. The molecule has 2 aromatic heterocycles. The third kappa shape index (κ3) is 2.37. The molecule has 0 N–H and O–H groups in total. The van der Waals surface area contributed by atoms with Crippen LogP contribution in [0.4, 0.5) is 0 Å². The van der Waals surface area contributed by atoms with E-state index in [2.05, 4.69) is 46.6 Å². The molecule has 0 spiro atoms. The van der Waals surface area contributed by atoms with Crippen molar-refractivity contribution in [2.24, 2.45) is 0 Å². The average molecular weight is 281 g/mol. The number of rotatable bonds is 3. The summed E-state index contributed by atoms with van der Waals surface area (Å²) in [5.74, 6) is 2.96. The lowest BCUT2D eigenvalue weighted by Gasteiger charge is -2.12. The van der Waals surface area contributed by atoms with Gasteiger partial charge in [0.15, 0.2) is 0 Å². The van der Waals surface area contributed by atoms with Crippen LogP contribution in [0.15, 0.2) is 36.5 Å². The van der Waals surface area contributed by atoms with Gasteiger partial charge in [-0.2, -0.15) is 0 Å². The Kier molecular flexibility index (Phi) is 3.37. The summed E-state index contributed by atoms with van der Waals surface area (Å²) in [5, 5.41) is 1.16. The summed E-state index contributed by atoms with van der Waals surface area (Å²) >= 11 is 0. The second kappa shape index (κ2) is 5.20. The zero-order valence-corrected chi connectivity index (χ0v) is 12.8. The van der Waals surface area contributed by atoms with Crippen LogP contribution in [0.2, 0.25) is 0 Å². The maximum Gasteiger partial charge on any atom is 0.141 e. The molecule has 4 nitrogen and oxygen atoms in total. The van der Waals surface area contributed by atoms with Crippen molar-refractivity contribution in [1.82, 2.24) is 14.5 Å². The lowest BCUT2D eigenvalue weighted by Crippen LogP contribution is -2.05. The maximum absolute atomic E-state index is 5.32. The largest absolute Gasteiger partial charge is 0.497 e. The number of nitrogens with zero attached hydrogens (tertiary/aromatic N) is 3. The fraction of sp³-hybridized carbons (Fsp3) is 0.294. The zero-order valence-electron chi connectivity index (χ0n) is 12.8. The van der Waals surface area contributed by atoms with Gasteiger partial charge in [0, 0.05) is 17.3 Å². The molecule has 21 heavy (non-hydrogen) atoms. The van der Waals surface area contributed by atoms with Crippen molar-refractivity contribution in [3.05, 3.63) is 48.0 Å². The van der Waals surface area contributed by atoms with Crippen molar-refractivity contribution in [3.8, 4) is 11.6 Å². The molecule has 1 aromatic carbocycles. The molecule has 0 fully saturated rings. The van der Waals surface area contributed by atoms with Gasteiger partial charge in [0.2, 0.25) is 0 Å². The van der Waals surface area contributed by atoms with E-state index in [9.17, 15) is 0 Å². The highest BCUT2D eigenvalue weighted by Crippen LogP contribution is 2.30. The predicted octanol–water partition coefficient (Wildman–Crippen LogP) is 3.86. The van der Waals surface area contributed by atoms with E-state index in [4.69, 9.17) is 4.74 Å². The van der Waals surface area contributed by atoms with Gasteiger partial charge in [0.05, 0.1) is 12.6 Å². The normalized spacial score (nSPS) is 11.3. The minimum atomic E-state index is 0.402. The number of hydrogen-bond donors (Lipinski definition) is 0. The smallest absolute Gasteiger partial charge is 0.141 e. The molecular formula is C17H19N3O. The highest BCUT2D eigenvalue weighted by molar-refractivity contribution is 5.84. The predicted molar refractivity (Wildman–Crippen MR) is 84.2 cm³/mol. The highest BCUT2D eigenvalue weighted by Gasteiger charge is 2.14. The summed E-state index contributed by atoms with van der Waals surface area (Å²) in [7, 11) is 1.69. The lowest BCUT2D eigenvalue weighted by molar-refractivity contribution is 0.415. The molecule has 3 aromatic rings. The molecule has 3 rings (SSSR count). The van der Waals surface area contributed by atoms with Crippen molar-refractivity contribution in [1.29, 1.82) is 0 Å². The highest BCUT2D eigenvalue weighted by atomic mass is 16.5. The molecule has 0 saturated carbocycles. The Morgan fingerprint density at radius 2 is 1.95 bits per heavy atom. The molecular weight excluding hydrogens is 262 g/mol. The van der Waals surface area contributed by atoms with Gasteiger partial charge in [0.25, 0.3) is 0 Å². The molecule has 0 amide bonds. The van der Waals surface area contributed by atoms with E-state index in [0.29, 0.717) is 5.92 Å². The molecule has 0 unspecified atom stereocenters. The Balaban J connectivity index is 2.31. The van der Waals surface area contributed by atoms with E-state index in [1.807, 2.05) is 19.1 Å². The SMILES string of the molecule is COc1ccc2c(c1)cc(C(C)C)n2-c1ccnc(C)n1. The summed E-state index contributed by atoms with van der Waals surface area (Å²) in [6, 6.07) is 10.3. The van der Waals surface area contributed by atoms with E-state index in [1.165, 1.54) is 5.69 Å². The molecule has 108 valence electrons. The van der Waals surface area contributed by atoms with E-state index in [0.717, 1.165) is 28.3 Å². The first kappa shape index (κ1) is 13.6. The Bertz CT molecular complexity index is 790. The first-order valence-corrected chi connectivity index (χ1v) is 7.09. The van der Waals surface area contributed by atoms with Crippen LogP contribution in [0.5, 0.6) is 5.75 Å². The minimum absolute atomic E-state index is 0.402. The minimum Gasteiger partial charge on any atom is -0.497 e. The molecule has 0 bridgehead atoms. The number of benzene rings is 1. The molecule has 0 aliphatic carbocycles. The zero-order chi connectivity index (χ0) is 15.0. The summed E-state index contributed by atoms with van der Waals surface area (Å²) in [6.07, 6.45) is 1.80. The van der Waals surface area contributed by atoms with Gasteiger partial charge in [-0.15, -0.1) is 0 Å². The van der Waals surface area contributed by atoms with E-state index >= 15 is 0 Å². The summed E-state index contributed by atoms with van der Waals surface area (Å²) in [6.45, 7) is 6.29. The Morgan fingerprint density at radius 3 is 2.62 bits per heavy atom. The topological polar surface area (TPSA) is 39.9 Å². The Hall–Kier alpha value is -2.36. The monoisotopic (exact) mass is 281 g/mol. The summed E-state index contributed by atoms with van der Waals surface area (Å²) in [4.78, 5) is 8.76. The Morgan fingerprint density at radius 1 is 1.14 bits per heavy atom. The van der Waals surface area contributed by atoms with Crippen LogP contribution in [0.3, 0.4) is 0 Å². The first-order chi connectivity index (χ1) is 10.1. The molecule has 0 aliphatic rings. The van der Waals surface area contributed by atoms with Gasteiger partial charge in [0.1, 0.15) is 17.4 Å². The number of aromatic nitrogens is 3. The van der Waals surface area contributed by atoms with Crippen LogP contribution in [-0.2, 0) is 0 Å². The van der Waals surface area contributed by atoms with Crippen molar-refractivity contribution in [2.75, 3.05) is 7.11 Å². The standard InChI is InChI=1S/C17H19N3O/c1-11(2)16-10-13-9-14(21-4)5-6-15(13)20(16)17-7-8-18-12(3)19-17/h5-11H,1-4H3. The van der Waals surface area contributed by atoms with Crippen molar-refractivity contribution >= 4 is 10.9 Å². The molecule has 4 heteroatoms. The van der Waals surface area contributed by atoms with Crippen LogP contribution in [0, 0.1) is 6.92 Å². The second-order valence-electron chi connectivity index (χ2n) is 5.45. The lowest BCUT2D eigenvalue weighted by atomic mass is 10.1. The average Bonchev–Trinajstić information content (AvgIpc) is 2.85. The van der Waals surface area contributed by atoms with E-state index in [-0.39, 0.29) is 0 Å². The van der Waals surface area contributed by atoms with Crippen molar-refractivity contribution < 1.29 is 4.74 Å². The quantitative estimate of drug-likeness (QED) is 0.732. The molecule has 0 radical (unpaired) electrons. The van der Waals surface area contributed by atoms with Crippen molar-refractivity contribution in [3.63, 3.8) is 0 Å². The number of ether oxygens (including phenoxy) is 1. The van der Waals surface area contributed by atoms with Crippen LogP contribution in [0.1, 0.15) is 31.3 Å². The van der Waals surface area contributed by atoms with Gasteiger partial charge in [-0.25, -0.2) is 9.97 Å². The molecule has 2 heterocycles. The third-order valence-electron chi connectivity index (χ3n) is 3.62. The number of methoxy groups -OCH3 is 1. The van der Waals surface area contributed by atoms with Gasteiger partial charge < -0.3 is 4.74 Å². The number of hydrogen-bond acceptors (Lipinski definition) is 3. The summed E-state index contributed by atoms with van der Waals surface area (Å²) in [5.41, 5.74) is 2.37. The maximum atomic E-state index is 5.32. The Labute approximate surface area is 124 Å². The third-order valence-corrected chi connectivity index (χ3v) is 3.62. The van der Waals surface area contributed by atoms with Crippen molar-refractivity contribution in [2.45, 2.75) is 26.7 Å². The van der Waals surface area contributed by atoms with E-state index < -0.39 is 0 Å². The number of fused-ring (bicyclic) bond motifs is 1. The van der Waals surface area contributed by atoms with E-state index in [1.54, 1.807) is 13.3 Å². The fourth-order valence-electron chi connectivity index (χ4n) is 2.59. The van der Waals surface area contributed by atoms with Gasteiger partial charge in [-0.05, 0) is 43.2 Å². The first-order valence-electron chi connectivity index (χ1n) is 7.09. The van der Waals surface area contributed by atoms with Gasteiger partial charge >= 0.3 is 0 Å². The van der Waals surface area contributed by atoms with Crippen LogP contribution in [-0.4, -0.2) is 21.6 Å². The van der Waals surface area contributed by atoms with Crippen LogP contribution < -0.4 is 4.74 Å². The number of aryl methyl sites for hydroxylation is 1. The molecule has 0 saturated heterocycles. The summed E-state index contributed by atoms with van der Waals surface area (Å²) < 4.78 is 7.52. The van der Waals surface area contributed by atoms with Crippen LogP contribution >= 0.6 is 0 Å².